The summed E-state index contributed by atoms with van der Waals surface area (Å²) in [4.78, 5) is 14.6. The summed E-state index contributed by atoms with van der Waals surface area (Å²) in [6.45, 7) is 13.7. The van der Waals surface area contributed by atoms with E-state index in [9.17, 15) is 4.79 Å². The minimum atomic E-state index is 0.0581. The van der Waals surface area contributed by atoms with E-state index in [0.717, 1.165) is 12.1 Å². The molecule has 1 saturated heterocycles. The van der Waals surface area contributed by atoms with E-state index < -0.39 is 0 Å². The lowest BCUT2D eigenvalue weighted by Crippen LogP contribution is -2.33. The van der Waals surface area contributed by atoms with Gasteiger partial charge in [-0.25, -0.2) is 0 Å². The van der Waals surface area contributed by atoms with Crippen LogP contribution in [0.15, 0.2) is 35.5 Å². The largest absolute Gasteiger partial charge is 0.304 e. The van der Waals surface area contributed by atoms with Crippen LogP contribution < -0.4 is 0 Å². The van der Waals surface area contributed by atoms with Gasteiger partial charge >= 0.3 is 0 Å². The highest BCUT2D eigenvalue weighted by molar-refractivity contribution is 5.99. The number of allylic oxidation sites excluding steroid dienone is 6. The van der Waals surface area contributed by atoms with Gasteiger partial charge in [-0.15, -0.1) is 0 Å². The van der Waals surface area contributed by atoms with Crippen LogP contribution in [0.2, 0.25) is 0 Å². The molecular weight excluding hydrogens is 258 g/mol. The Morgan fingerprint density at radius 3 is 2.19 bits per heavy atom. The molecule has 0 aliphatic carbocycles. The van der Waals surface area contributed by atoms with Gasteiger partial charge in [-0.05, 0) is 57.8 Å². The van der Waals surface area contributed by atoms with E-state index in [2.05, 4.69) is 30.9 Å². The zero-order valence-corrected chi connectivity index (χ0v) is 14.4. The molecule has 1 heterocycles. The SMILES string of the molecule is C\C=C(/C=C\C(=C/C)C(=O)C(C)C)C1CCN(CC)CC1. The zero-order valence-electron chi connectivity index (χ0n) is 14.4. The smallest absolute Gasteiger partial charge is 0.165 e. The van der Waals surface area contributed by atoms with Gasteiger partial charge in [0.25, 0.3) is 0 Å². The fourth-order valence-electron chi connectivity index (χ4n) is 2.89. The highest BCUT2D eigenvalue weighted by atomic mass is 16.1. The average molecular weight is 289 g/mol. The molecule has 0 aromatic rings. The van der Waals surface area contributed by atoms with Crippen LogP contribution in [-0.2, 0) is 4.79 Å². The highest BCUT2D eigenvalue weighted by Gasteiger charge is 2.20. The molecule has 1 rings (SSSR count). The Morgan fingerprint density at radius 2 is 1.76 bits per heavy atom. The summed E-state index contributed by atoms with van der Waals surface area (Å²) in [5.41, 5.74) is 2.21. The number of nitrogens with zero attached hydrogens (tertiary/aromatic N) is 1. The topological polar surface area (TPSA) is 20.3 Å². The summed E-state index contributed by atoms with van der Waals surface area (Å²) in [5, 5.41) is 0. The van der Waals surface area contributed by atoms with Crippen LogP contribution in [0.25, 0.3) is 0 Å². The Balaban J connectivity index is 2.70. The van der Waals surface area contributed by atoms with Crippen LogP contribution >= 0.6 is 0 Å². The van der Waals surface area contributed by atoms with Crippen LogP contribution in [-0.4, -0.2) is 30.3 Å². The van der Waals surface area contributed by atoms with Gasteiger partial charge in [0, 0.05) is 11.5 Å². The summed E-state index contributed by atoms with van der Waals surface area (Å²) < 4.78 is 0. The number of likely N-dealkylation sites (tertiary alicyclic amines) is 1. The number of hydrogen-bond acceptors (Lipinski definition) is 2. The molecule has 0 spiro atoms. The van der Waals surface area contributed by atoms with Crippen molar-refractivity contribution in [1.82, 2.24) is 4.90 Å². The monoisotopic (exact) mass is 289 g/mol. The molecule has 2 nitrogen and oxygen atoms in total. The maximum atomic E-state index is 12.1. The second-order valence-corrected chi connectivity index (χ2v) is 6.09. The minimum Gasteiger partial charge on any atom is -0.304 e. The Kier molecular flexibility index (Phi) is 7.66. The molecule has 0 saturated carbocycles. The molecule has 0 aromatic heterocycles. The molecule has 2 heteroatoms. The molecule has 0 bridgehead atoms. The van der Waals surface area contributed by atoms with Crippen LogP contribution in [0.3, 0.4) is 0 Å². The second kappa shape index (κ2) is 8.99. The standard InChI is InChI=1S/C19H31NO/c1-6-16(18-11-13-20(8-3)14-12-18)9-10-17(7-2)19(21)15(4)5/h6-7,9-10,15,18H,8,11-14H2,1-5H3/b10-9-,16-6+,17-7+. The summed E-state index contributed by atoms with van der Waals surface area (Å²) in [6, 6.07) is 0. The lowest BCUT2D eigenvalue weighted by atomic mass is 9.88. The van der Waals surface area contributed by atoms with Gasteiger partial charge in [0.2, 0.25) is 0 Å². The van der Waals surface area contributed by atoms with E-state index in [1.165, 1.54) is 31.5 Å². The number of rotatable bonds is 6. The van der Waals surface area contributed by atoms with Crippen molar-refractivity contribution in [2.75, 3.05) is 19.6 Å². The summed E-state index contributed by atoms with van der Waals surface area (Å²) in [6.07, 6.45) is 10.7. The molecule has 0 amide bonds. The van der Waals surface area contributed by atoms with Crippen molar-refractivity contribution >= 4 is 5.78 Å². The van der Waals surface area contributed by atoms with E-state index in [1.54, 1.807) is 0 Å². The summed E-state index contributed by atoms with van der Waals surface area (Å²) in [7, 11) is 0. The quantitative estimate of drug-likeness (QED) is 0.534. The number of piperidine rings is 1. The third-order valence-corrected chi connectivity index (χ3v) is 4.41. The van der Waals surface area contributed by atoms with E-state index in [1.807, 2.05) is 32.9 Å². The van der Waals surface area contributed by atoms with Gasteiger partial charge in [-0.2, -0.15) is 0 Å². The minimum absolute atomic E-state index is 0.0581. The number of carbonyl (C=O) groups excluding carboxylic acids is 1. The molecule has 0 atom stereocenters. The molecule has 1 aliphatic heterocycles. The lowest BCUT2D eigenvalue weighted by Gasteiger charge is -2.31. The van der Waals surface area contributed by atoms with Gasteiger partial charge < -0.3 is 4.90 Å². The van der Waals surface area contributed by atoms with Gasteiger partial charge in [-0.3, -0.25) is 4.79 Å². The average Bonchev–Trinajstić information content (AvgIpc) is 2.51. The molecule has 0 radical (unpaired) electrons. The van der Waals surface area contributed by atoms with Gasteiger partial charge in [0.1, 0.15) is 0 Å². The maximum Gasteiger partial charge on any atom is 0.165 e. The number of carbonyl (C=O) groups is 1. The summed E-state index contributed by atoms with van der Waals surface area (Å²) >= 11 is 0. The van der Waals surface area contributed by atoms with E-state index in [-0.39, 0.29) is 11.7 Å². The Hall–Kier alpha value is -1.15. The van der Waals surface area contributed by atoms with Crippen molar-refractivity contribution in [3.05, 3.63) is 35.5 Å². The first-order valence-corrected chi connectivity index (χ1v) is 8.30. The Bertz CT molecular complexity index is 421. The predicted octanol–water partition coefficient (Wildman–Crippen LogP) is 4.39. The van der Waals surface area contributed by atoms with Crippen LogP contribution in [0, 0.1) is 11.8 Å². The first-order chi connectivity index (χ1) is 10.0. The molecule has 21 heavy (non-hydrogen) atoms. The number of hydrogen-bond donors (Lipinski definition) is 0. The van der Waals surface area contributed by atoms with Gasteiger partial charge in [-0.1, -0.05) is 45.1 Å². The fraction of sp³-hybridized carbons (Fsp3) is 0.632. The zero-order chi connectivity index (χ0) is 15.8. The third-order valence-electron chi connectivity index (χ3n) is 4.41. The number of ketones is 1. The molecule has 0 N–H and O–H groups in total. The van der Waals surface area contributed by atoms with Gasteiger partial charge in [0.15, 0.2) is 5.78 Å². The Labute approximate surface area is 130 Å². The van der Waals surface area contributed by atoms with Gasteiger partial charge in [0.05, 0.1) is 0 Å². The van der Waals surface area contributed by atoms with Crippen molar-refractivity contribution < 1.29 is 4.79 Å². The van der Waals surface area contributed by atoms with Crippen molar-refractivity contribution in [1.29, 1.82) is 0 Å². The fourth-order valence-corrected chi connectivity index (χ4v) is 2.89. The van der Waals surface area contributed by atoms with Crippen molar-refractivity contribution in [3.8, 4) is 0 Å². The third kappa shape index (κ3) is 5.28. The lowest BCUT2D eigenvalue weighted by molar-refractivity contribution is -0.117. The highest BCUT2D eigenvalue weighted by Crippen LogP contribution is 2.26. The first kappa shape index (κ1) is 17.9. The second-order valence-electron chi connectivity index (χ2n) is 6.09. The maximum absolute atomic E-state index is 12.1. The molecular formula is C19H31NO. The molecule has 1 aliphatic rings. The number of Topliss-reactive ketones (excluding diaryl/α,β-unsaturated/α-hetero) is 1. The van der Waals surface area contributed by atoms with Crippen molar-refractivity contribution in [2.24, 2.45) is 11.8 Å². The molecule has 1 fully saturated rings. The van der Waals surface area contributed by atoms with Crippen molar-refractivity contribution in [2.45, 2.75) is 47.5 Å². The first-order valence-electron chi connectivity index (χ1n) is 8.30. The van der Waals surface area contributed by atoms with E-state index >= 15 is 0 Å². The normalized spacial score (nSPS) is 19.7. The Morgan fingerprint density at radius 1 is 1.14 bits per heavy atom. The van der Waals surface area contributed by atoms with Crippen LogP contribution in [0.1, 0.15) is 47.5 Å². The molecule has 0 unspecified atom stereocenters. The van der Waals surface area contributed by atoms with Crippen LogP contribution in [0.5, 0.6) is 0 Å². The van der Waals surface area contributed by atoms with E-state index in [0.29, 0.717) is 5.92 Å². The van der Waals surface area contributed by atoms with Crippen LogP contribution in [0.4, 0.5) is 0 Å². The van der Waals surface area contributed by atoms with Crippen molar-refractivity contribution in [3.63, 3.8) is 0 Å². The predicted molar refractivity (Wildman–Crippen MR) is 91.3 cm³/mol. The molecule has 0 aromatic carbocycles. The molecule has 118 valence electrons. The summed E-state index contributed by atoms with van der Waals surface area (Å²) in [5.74, 6) is 0.925. The van der Waals surface area contributed by atoms with E-state index in [4.69, 9.17) is 0 Å².